The van der Waals surface area contributed by atoms with Gasteiger partial charge in [0, 0.05) is 0 Å². The number of carbonyl (C=O) groups excluding carboxylic acids is 1. The van der Waals surface area contributed by atoms with Gasteiger partial charge in [-0.2, -0.15) is 0 Å². The van der Waals surface area contributed by atoms with Gasteiger partial charge in [-0.05, 0) is 38.5 Å². The van der Waals surface area contributed by atoms with E-state index >= 15 is 0 Å². The van der Waals surface area contributed by atoms with Crippen molar-refractivity contribution in [1.29, 1.82) is 0 Å². The van der Waals surface area contributed by atoms with E-state index in [-0.39, 0.29) is 12.8 Å². The minimum Gasteiger partial charge on any atom is -0.394 e. The molecule has 11 heteroatoms. The van der Waals surface area contributed by atoms with Gasteiger partial charge >= 0.3 is 0 Å². The van der Waals surface area contributed by atoms with Gasteiger partial charge in [-0.15, -0.1) is 0 Å². The van der Waals surface area contributed by atoms with Crippen LogP contribution in [0.4, 0.5) is 0 Å². The normalized spacial score (nSPS) is 19.1. The second-order valence-electron chi connectivity index (χ2n) is 25.3. The number of ether oxygens (including phenoxy) is 2. The number of aliphatic hydroxyl groups excluding tert-OH is 7. The highest BCUT2D eigenvalue weighted by molar-refractivity contribution is 5.80. The maximum absolute atomic E-state index is 13.2. The standard InChI is InChI=1S/C70H137NO10/c1-3-5-7-9-11-13-15-17-19-21-23-25-27-28-29-30-31-32-33-34-35-36-38-39-41-43-45-47-49-51-53-55-57-62(73)65(75)61(60-80-70-68(78)67(77)66(76)64(59-72)81-70)71-69(79)63(74)58-56-54-52-50-48-46-44-42-40-37-26-24-22-20-18-16-14-12-10-8-6-4-2/h49,51,61-68,70,72-78H,3-48,50,52-60H2,1-2H3,(H,71,79)/b51-49+. The van der Waals surface area contributed by atoms with Gasteiger partial charge in [0.1, 0.15) is 36.6 Å². The van der Waals surface area contributed by atoms with Crippen molar-refractivity contribution in [2.24, 2.45) is 0 Å². The SMILES string of the molecule is CCCCCCCCCCCCCCCCCCCCCCCCCCCCC/C=C/CCCC(O)C(O)C(COC1OC(CO)C(O)C(O)C1O)NC(=O)C(O)CCCCCCCCCCCCCCCCCCCCCCCC. The Hall–Kier alpha value is -1.15. The fourth-order valence-corrected chi connectivity index (χ4v) is 11.9. The highest BCUT2D eigenvalue weighted by Crippen LogP contribution is 2.24. The average Bonchev–Trinajstić information content (AvgIpc) is 3.51. The van der Waals surface area contributed by atoms with E-state index < -0.39 is 74.2 Å². The molecule has 1 aliphatic heterocycles. The zero-order chi connectivity index (χ0) is 58.9. The first-order valence-corrected chi connectivity index (χ1v) is 35.6. The Bertz CT molecular complexity index is 1320. The molecule has 1 heterocycles. The molecule has 0 spiro atoms. The monoisotopic (exact) mass is 1150 g/mol. The van der Waals surface area contributed by atoms with E-state index in [0.717, 1.165) is 32.1 Å². The smallest absolute Gasteiger partial charge is 0.249 e. The van der Waals surface area contributed by atoms with Crippen LogP contribution in [0, 0.1) is 0 Å². The Morgan fingerprint density at radius 3 is 1.06 bits per heavy atom. The van der Waals surface area contributed by atoms with E-state index in [1.54, 1.807) is 0 Å². The highest BCUT2D eigenvalue weighted by atomic mass is 16.7. The Balaban J connectivity index is 2.19. The largest absolute Gasteiger partial charge is 0.394 e. The third-order valence-corrected chi connectivity index (χ3v) is 17.6. The molecule has 0 aliphatic carbocycles. The number of hydrogen-bond acceptors (Lipinski definition) is 10. The molecule has 9 atom stereocenters. The lowest BCUT2D eigenvalue weighted by atomic mass is 9.98. The molecule has 11 nitrogen and oxygen atoms in total. The Morgan fingerprint density at radius 1 is 0.420 bits per heavy atom. The molecule has 1 fully saturated rings. The van der Waals surface area contributed by atoms with Crippen LogP contribution in [0.2, 0.25) is 0 Å². The lowest BCUT2D eigenvalue weighted by Crippen LogP contribution is -2.60. The zero-order valence-corrected chi connectivity index (χ0v) is 53.3. The molecule has 8 N–H and O–H groups in total. The minimum absolute atomic E-state index is 0.260. The fourth-order valence-electron chi connectivity index (χ4n) is 11.9. The minimum atomic E-state index is -1.67. The zero-order valence-electron chi connectivity index (χ0n) is 53.3. The molecule has 1 aliphatic rings. The predicted octanol–water partition coefficient (Wildman–Crippen LogP) is 17.0. The number of amides is 1. The summed E-state index contributed by atoms with van der Waals surface area (Å²) >= 11 is 0. The highest BCUT2D eigenvalue weighted by Gasteiger charge is 2.44. The summed E-state index contributed by atoms with van der Waals surface area (Å²) in [5, 5.41) is 76.5. The quantitative estimate of drug-likeness (QED) is 0.0215. The van der Waals surface area contributed by atoms with E-state index in [2.05, 4.69) is 31.3 Å². The molecule has 81 heavy (non-hydrogen) atoms. The van der Waals surface area contributed by atoms with Gasteiger partial charge in [0.05, 0.1) is 25.4 Å². The van der Waals surface area contributed by atoms with Gasteiger partial charge in [-0.3, -0.25) is 4.79 Å². The van der Waals surface area contributed by atoms with Crippen molar-refractivity contribution < 1.29 is 50.0 Å². The molecule has 1 amide bonds. The summed E-state index contributed by atoms with van der Waals surface area (Å²) in [5.74, 6) is -0.698. The van der Waals surface area contributed by atoms with Gasteiger partial charge in [-0.25, -0.2) is 0 Å². The van der Waals surface area contributed by atoms with Crippen molar-refractivity contribution in [3.63, 3.8) is 0 Å². The van der Waals surface area contributed by atoms with Gasteiger partial charge in [0.15, 0.2) is 6.29 Å². The number of hydrogen-bond donors (Lipinski definition) is 8. The number of unbranched alkanes of at least 4 members (excludes halogenated alkanes) is 49. The van der Waals surface area contributed by atoms with Crippen LogP contribution in [0.3, 0.4) is 0 Å². The van der Waals surface area contributed by atoms with Gasteiger partial charge in [0.2, 0.25) is 5.91 Å². The molecule has 0 aromatic heterocycles. The number of nitrogens with one attached hydrogen (secondary N) is 1. The number of carbonyl (C=O) groups is 1. The lowest BCUT2D eigenvalue weighted by molar-refractivity contribution is -0.303. The summed E-state index contributed by atoms with van der Waals surface area (Å²) in [6.45, 7) is 3.51. The number of allylic oxidation sites excluding steroid dienone is 2. The second kappa shape index (κ2) is 59.2. The molecule has 0 bridgehead atoms. The average molecular weight is 1150 g/mol. The molecule has 9 unspecified atom stereocenters. The molecule has 0 radical (unpaired) electrons. The predicted molar refractivity (Wildman–Crippen MR) is 339 cm³/mol. The van der Waals surface area contributed by atoms with Crippen LogP contribution in [-0.2, 0) is 14.3 Å². The first kappa shape index (κ1) is 77.9. The van der Waals surface area contributed by atoms with Crippen molar-refractivity contribution in [3.05, 3.63) is 12.2 Å². The first-order chi connectivity index (χ1) is 39.7. The van der Waals surface area contributed by atoms with Crippen LogP contribution in [-0.4, -0.2) is 110 Å². The summed E-state index contributed by atoms with van der Waals surface area (Å²) in [4.78, 5) is 13.2. The Kier molecular flexibility index (Phi) is 56.9. The molecular weight excluding hydrogens is 1010 g/mol. The van der Waals surface area contributed by atoms with Crippen LogP contribution in [0.5, 0.6) is 0 Å². The summed E-state index contributed by atoms with van der Waals surface area (Å²) in [5.41, 5.74) is 0. The van der Waals surface area contributed by atoms with E-state index in [1.165, 1.54) is 289 Å². The molecule has 0 aromatic rings. The Morgan fingerprint density at radius 2 is 0.728 bits per heavy atom. The van der Waals surface area contributed by atoms with Gasteiger partial charge < -0.3 is 50.5 Å². The number of rotatable bonds is 63. The second-order valence-corrected chi connectivity index (χ2v) is 25.3. The molecular formula is C70H137NO10. The molecule has 1 rings (SSSR count). The van der Waals surface area contributed by atoms with Gasteiger partial charge in [-0.1, -0.05) is 334 Å². The summed E-state index contributed by atoms with van der Waals surface area (Å²) in [6.07, 6.45) is 61.6. The topological polar surface area (TPSA) is 189 Å². The molecule has 1 saturated heterocycles. The van der Waals surface area contributed by atoms with Crippen LogP contribution >= 0.6 is 0 Å². The van der Waals surface area contributed by atoms with E-state index in [1.807, 2.05) is 0 Å². The van der Waals surface area contributed by atoms with Crippen LogP contribution in [0.1, 0.15) is 361 Å². The third kappa shape index (κ3) is 46.7. The molecule has 482 valence electrons. The summed E-state index contributed by atoms with van der Waals surface area (Å²) in [6, 6.07) is -1.18. The molecule has 0 aromatic carbocycles. The third-order valence-electron chi connectivity index (χ3n) is 17.6. The maximum Gasteiger partial charge on any atom is 0.249 e. The maximum atomic E-state index is 13.2. The molecule has 0 saturated carbocycles. The summed E-state index contributed by atoms with van der Waals surface area (Å²) < 4.78 is 11.2. The van der Waals surface area contributed by atoms with Crippen LogP contribution in [0.25, 0.3) is 0 Å². The van der Waals surface area contributed by atoms with Crippen molar-refractivity contribution in [1.82, 2.24) is 5.32 Å². The number of aliphatic hydroxyl groups is 7. The van der Waals surface area contributed by atoms with E-state index in [9.17, 15) is 40.5 Å². The lowest BCUT2D eigenvalue weighted by Gasteiger charge is -2.40. The van der Waals surface area contributed by atoms with Crippen molar-refractivity contribution in [2.45, 2.75) is 416 Å². The van der Waals surface area contributed by atoms with Crippen molar-refractivity contribution in [3.8, 4) is 0 Å². The van der Waals surface area contributed by atoms with Crippen LogP contribution < -0.4 is 5.32 Å². The van der Waals surface area contributed by atoms with Crippen molar-refractivity contribution in [2.75, 3.05) is 13.2 Å². The summed E-state index contributed by atoms with van der Waals surface area (Å²) in [7, 11) is 0. The van der Waals surface area contributed by atoms with E-state index in [0.29, 0.717) is 12.8 Å². The van der Waals surface area contributed by atoms with E-state index in [4.69, 9.17) is 9.47 Å². The Labute approximate surface area is 500 Å². The van der Waals surface area contributed by atoms with Gasteiger partial charge in [0.25, 0.3) is 0 Å². The van der Waals surface area contributed by atoms with Crippen LogP contribution in [0.15, 0.2) is 12.2 Å². The first-order valence-electron chi connectivity index (χ1n) is 35.6. The fraction of sp³-hybridized carbons (Fsp3) is 0.957. The van der Waals surface area contributed by atoms with Crippen molar-refractivity contribution >= 4 is 5.91 Å².